The van der Waals surface area contributed by atoms with E-state index in [-0.39, 0.29) is 41.6 Å². The van der Waals surface area contributed by atoms with Crippen molar-refractivity contribution in [2.24, 2.45) is 5.92 Å². The third-order valence-electron chi connectivity index (χ3n) is 7.29. The molecule has 2 fully saturated rings. The fraction of sp³-hybridized carbons (Fsp3) is 0.464. The van der Waals surface area contributed by atoms with Crippen LogP contribution in [0.3, 0.4) is 0 Å². The van der Waals surface area contributed by atoms with Crippen molar-refractivity contribution in [3.8, 4) is 0 Å². The first-order valence-electron chi connectivity index (χ1n) is 13.7. The number of hydrogen-bond acceptors (Lipinski definition) is 9. The number of allylic oxidation sites excluding steroid dienone is 1. The zero-order valence-electron chi connectivity index (χ0n) is 22.8. The predicted molar refractivity (Wildman–Crippen MR) is 150 cm³/mol. The highest BCUT2D eigenvalue weighted by molar-refractivity contribution is 6.10. The Bertz CT molecular complexity index is 1410. The van der Waals surface area contributed by atoms with E-state index in [2.05, 4.69) is 51.8 Å². The Morgan fingerprint density at radius 1 is 1.25 bits per heavy atom. The molecule has 12 heteroatoms. The molecule has 1 unspecified atom stereocenters. The molecular formula is C28H35FN8O3. The zero-order chi connectivity index (χ0) is 28.2. The molecule has 3 aromatic rings. The number of amides is 1. The molecule has 2 saturated heterocycles. The van der Waals surface area contributed by atoms with Gasteiger partial charge >= 0.3 is 0 Å². The van der Waals surface area contributed by atoms with E-state index < -0.39 is 11.6 Å². The quantitative estimate of drug-likeness (QED) is 0.221. The van der Waals surface area contributed by atoms with Gasteiger partial charge in [-0.15, -0.1) is 0 Å². The maximum absolute atomic E-state index is 15.2. The molecule has 2 aromatic heterocycles. The molecular weight excluding hydrogens is 515 g/mol. The molecule has 4 heterocycles. The van der Waals surface area contributed by atoms with Crippen LogP contribution in [0.2, 0.25) is 0 Å². The topological polar surface area (TPSA) is 135 Å². The van der Waals surface area contributed by atoms with Gasteiger partial charge < -0.3 is 26.0 Å². The summed E-state index contributed by atoms with van der Waals surface area (Å²) >= 11 is 0. The normalized spacial score (nSPS) is 17.8. The van der Waals surface area contributed by atoms with E-state index in [1.165, 1.54) is 6.07 Å². The summed E-state index contributed by atoms with van der Waals surface area (Å²) < 4.78 is 22.3. The number of aromatic nitrogens is 4. The molecule has 0 radical (unpaired) electrons. The number of fused-ring (bicyclic) bond motifs is 1. The number of nitrogens with one attached hydrogen (secondary N) is 4. The lowest BCUT2D eigenvalue weighted by Gasteiger charge is -2.23. The molecule has 1 atom stereocenters. The van der Waals surface area contributed by atoms with Gasteiger partial charge in [-0.1, -0.05) is 20.4 Å². The monoisotopic (exact) mass is 550 g/mol. The van der Waals surface area contributed by atoms with Crippen LogP contribution in [-0.2, 0) is 16.1 Å². The van der Waals surface area contributed by atoms with Gasteiger partial charge in [0.05, 0.1) is 23.4 Å². The summed E-state index contributed by atoms with van der Waals surface area (Å²) in [4.78, 5) is 34.7. The molecule has 5 rings (SSSR count). The third-order valence-corrected chi connectivity index (χ3v) is 7.29. The molecule has 2 aliphatic rings. The van der Waals surface area contributed by atoms with Crippen molar-refractivity contribution < 1.29 is 18.7 Å². The maximum Gasteiger partial charge on any atom is 0.229 e. The largest absolute Gasteiger partial charge is 0.381 e. The van der Waals surface area contributed by atoms with Crippen LogP contribution in [0.1, 0.15) is 60.5 Å². The number of rotatable bonds is 10. The van der Waals surface area contributed by atoms with Crippen molar-refractivity contribution in [3.63, 3.8) is 0 Å². The van der Waals surface area contributed by atoms with Crippen LogP contribution < -0.4 is 21.3 Å². The van der Waals surface area contributed by atoms with Gasteiger partial charge in [-0.05, 0) is 55.5 Å². The first kappa shape index (κ1) is 27.7. The number of benzene rings is 1. The highest BCUT2D eigenvalue weighted by Crippen LogP contribution is 2.26. The molecule has 0 bridgehead atoms. The lowest BCUT2D eigenvalue weighted by molar-refractivity contribution is -0.119. The van der Waals surface area contributed by atoms with E-state index in [0.29, 0.717) is 49.3 Å². The number of hydrogen-bond donors (Lipinski definition) is 4. The fourth-order valence-electron chi connectivity index (χ4n) is 5.02. The Morgan fingerprint density at radius 2 is 2.05 bits per heavy atom. The second-order valence-corrected chi connectivity index (χ2v) is 10.5. The minimum absolute atomic E-state index is 0.120. The van der Waals surface area contributed by atoms with Crippen LogP contribution in [0.25, 0.3) is 5.65 Å². The van der Waals surface area contributed by atoms with Gasteiger partial charge in [-0.25, -0.2) is 4.39 Å². The van der Waals surface area contributed by atoms with Gasteiger partial charge in [0.2, 0.25) is 17.8 Å². The number of ketones is 1. The number of carbonyl (C=O) groups is 2. The van der Waals surface area contributed by atoms with Crippen molar-refractivity contribution in [3.05, 3.63) is 53.5 Å². The van der Waals surface area contributed by atoms with E-state index >= 15 is 4.39 Å². The Hall–Kier alpha value is -3.90. The van der Waals surface area contributed by atoms with E-state index in [1.807, 2.05) is 0 Å². The summed E-state index contributed by atoms with van der Waals surface area (Å²) in [5.41, 5.74) is 2.08. The molecule has 0 saturated carbocycles. The summed E-state index contributed by atoms with van der Waals surface area (Å²) in [6.45, 7) is 10.4. The number of halogens is 1. The van der Waals surface area contributed by atoms with Gasteiger partial charge in [-0.2, -0.15) is 19.6 Å². The Labute approximate surface area is 232 Å². The SMILES string of the molecule is C=CC(=O)c1c(F)cc(CNc2nc(NC3CCOCC3)nc3c(C(C)C)cnn23)cc1NC(=O)C1CCNC1. The minimum Gasteiger partial charge on any atom is -0.381 e. The van der Waals surface area contributed by atoms with Crippen molar-refractivity contribution in [1.82, 2.24) is 24.9 Å². The first-order chi connectivity index (χ1) is 19.3. The standard InChI is InChI=1S/C28H35FN8O3/c1-4-23(38)24-21(29)11-17(12-22(24)34-26(39)18-5-8-30-14-18)13-31-28-36-27(33-19-6-9-40-10-7-19)35-25-20(16(2)3)15-32-37(25)28/h4,11-12,15-16,18-19,30H,1,5-10,13-14H2,2-3H3,(H,34,39)(H2,31,33,35,36). The number of anilines is 3. The van der Waals surface area contributed by atoms with Gasteiger partial charge in [0.1, 0.15) is 5.82 Å². The average molecular weight is 551 g/mol. The van der Waals surface area contributed by atoms with Crippen LogP contribution in [0.4, 0.5) is 22.0 Å². The van der Waals surface area contributed by atoms with Crippen LogP contribution in [-0.4, -0.2) is 63.6 Å². The molecule has 1 aromatic carbocycles. The first-order valence-corrected chi connectivity index (χ1v) is 13.7. The van der Waals surface area contributed by atoms with E-state index in [9.17, 15) is 9.59 Å². The Morgan fingerprint density at radius 3 is 2.75 bits per heavy atom. The highest BCUT2D eigenvalue weighted by atomic mass is 19.1. The molecule has 11 nitrogen and oxygen atoms in total. The second kappa shape index (κ2) is 12.1. The van der Waals surface area contributed by atoms with Gasteiger partial charge in [0, 0.05) is 37.9 Å². The van der Waals surface area contributed by atoms with E-state index in [1.54, 1.807) is 16.8 Å². The van der Waals surface area contributed by atoms with Crippen molar-refractivity contribution in [2.75, 3.05) is 42.3 Å². The Kier molecular flexibility index (Phi) is 8.36. The van der Waals surface area contributed by atoms with Crippen LogP contribution >= 0.6 is 0 Å². The highest BCUT2D eigenvalue weighted by Gasteiger charge is 2.25. The lowest BCUT2D eigenvalue weighted by atomic mass is 10.0. The molecule has 40 heavy (non-hydrogen) atoms. The fourth-order valence-corrected chi connectivity index (χ4v) is 5.02. The van der Waals surface area contributed by atoms with Crippen molar-refractivity contribution >= 4 is 34.9 Å². The number of ether oxygens (including phenoxy) is 1. The molecule has 1 amide bonds. The summed E-state index contributed by atoms with van der Waals surface area (Å²) in [6, 6.07) is 3.08. The van der Waals surface area contributed by atoms with Crippen molar-refractivity contribution in [2.45, 2.75) is 51.6 Å². The minimum atomic E-state index is -0.736. The van der Waals surface area contributed by atoms with Crippen LogP contribution in [0.5, 0.6) is 0 Å². The van der Waals surface area contributed by atoms with Crippen LogP contribution in [0, 0.1) is 11.7 Å². The van der Waals surface area contributed by atoms with E-state index in [0.717, 1.165) is 31.0 Å². The average Bonchev–Trinajstić information content (AvgIpc) is 3.63. The third kappa shape index (κ3) is 5.97. The second-order valence-electron chi connectivity index (χ2n) is 10.5. The van der Waals surface area contributed by atoms with Gasteiger partial charge in [-0.3, -0.25) is 9.59 Å². The Balaban J connectivity index is 1.43. The molecule has 0 spiro atoms. The van der Waals surface area contributed by atoms with Gasteiger partial charge in [0.25, 0.3) is 0 Å². The molecule has 0 aliphatic carbocycles. The predicted octanol–water partition coefficient (Wildman–Crippen LogP) is 3.51. The number of carbonyl (C=O) groups excluding carboxylic acids is 2. The molecule has 2 aliphatic heterocycles. The van der Waals surface area contributed by atoms with E-state index in [4.69, 9.17) is 9.72 Å². The summed E-state index contributed by atoms with van der Waals surface area (Å²) in [7, 11) is 0. The zero-order valence-corrected chi connectivity index (χ0v) is 22.8. The lowest BCUT2D eigenvalue weighted by Crippen LogP contribution is -2.29. The molecule has 212 valence electrons. The summed E-state index contributed by atoms with van der Waals surface area (Å²) in [6.07, 6.45) is 5.20. The van der Waals surface area contributed by atoms with Crippen molar-refractivity contribution in [1.29, 1.82) is 0 Å². The number of nitrogens with zero attached hydrogens (tertiary/aromatic N) is 4. The molecule has 4 N–H and O–H groups in total. The maximum atomic E-state index is 15.2. The summed E-state index contributed by atoms with van der Waals surface area (Å²) in [5, 5.41) is 17.1. The van der Waals surface area contributed by atoms with Crippen LogP contribution in [0.15, 0.2) is 31.0 Å². The van der Waals surface area contributed by atoms with Gasteiger partial charge in [0.15, 0.2) is 11.4 Å². The smallest absolute Gasteiger partial charge is 0.229 e. The summed E-state index contributed by atoms with van der Waals surface area (Å²) in [5.74, 6) is -0.743.